The van der Waals surface area contributed by atoms with Gasteiger partial charge in [-0.1, -0.05) is 5.16 Å². The summed E-state index contributed by atoms with van der Waals surface area (Å²) in [5.74, 6) is 2.24. The van der Waals surface area contributed by atoms with E-state index in [4.69, 9.17) is 8.94 Å². The lowest BCUT2D eigenvalue weighted by atomic mass is 9.95. The highest BCUT2D eigenvalue weighted by Gasteiger charge is 2.24. The standard InChI is InChI=1S/C15H17N5O2/c1-3-11(12-5-6-16-18-12)9-20(7-1)10-14-17-15(19-22-14)13-4-2-8-21-13/h2,4-6,8,11H,1,3,7,9-10H2,(H,16,18)/t11-/m0/s1. The zero-order chi connectivity index (χ0) is 14.8. The smallest absolute Gasteiger partial charge is 0.241 e. The summed E-state index contributed by atoms with van der Waals surface area (Å²) >= 11 is 0. The van der Waals surface area contributed by atoms with Gasteiger partial charge in [-0.25, -0.2) is 0 Å². The molecule has 4 rings (SSSR count). The monoisotopic (exact) mass is 299 g/mol. The maximum Gasteiger partial charge on any atom is 0.241 e. The van der Waals surface area contributed by atoms with Crippen LogP contribution in [0.3, 0.4) is 0 Å². The van der Waals surface area contributed by atoms with Crippen molar-refractivity contribution in [3.8, 4) is 11.6 Å². The SMILES string of the molecule is c1coc(-c2noc(CN3CCC[C@H](c4ccn[nH]4)C3)n2)c1. The van der Waals surface area contributed by atoms with Gasteiger partial charge in [0.15, 0.2) is 5.76 Å². The van der Waals surface area contributed by atoms with Gasteiger partial charge in [-0.05, 0) is 37.6 Å². The highest BCUT2D eigenvalue weighted by molar-refractivity contribution is 5.44. The van der Waals surface area contributed by atoms with Crippen LogP contribution in [0.2, 0.25) is 0 Å². The third-order valence-corrected chi connectivity index (χ3v) is 4.04. The third-order valence-electron chi connectivity index (χ3n) is 4.04. The quantitative estimate of drug-likeness (QED) is 0.796. The molecule has 114 valence electrons. The number of likely N-dealkylation sites (tertiary alicyclic amines) is 1. The predicted molar refractivity (Wildman–Crippen MR) is 77.8 cm³/mol. The number of furan rings is 1. The first-order chi connectivity index (χ1) is 10.9. The minimum atomic E-state index is 0.490. The molecule has 0 aromatic carbocycles. The summed E-state index contributed by atoms with van der Waals surface area (Å²) in [6.45, 7) is 2.68. The van der Waals surface area contributed by atoms with Crippen molar-refractivity contribution in [1.29, 1.82) is 0 Å². The number of hydrogen-bond donors (Lipinski definition) is 1. The molecule has 3 aromatic heterocycles. The number of hydrogen-bond acceptors (Lipinski definition) is 6. The van der Waals surface area contributed by atoms with Gasteiger partial charge in [0.1, 0.15) is 0 Å². The zero-order valence-electron chi connectivity index (χ0n) is 12.1. The fourth-order valence-corrected chi connectivity index (χ4v) is 2.96. The van der Waals surface area contributed by atoms with E-state index in [-0.39, 0.29) is 0 Å². The third kappa shape index (κ3) is 2.67. The molecule has 7 nitrogen and oxygen atoms in total. The molecule has 1 aliphatic rings. The maximum absolute atomic E-state index is 5.33. The summed E-state index contributed by atoms with van der Waals surface area (Å²) < 4.78 is 10.6. The Morgan fingerprint density at radius 3 is 3.18 bits per heavy atom. The number of piperidine rings is 1. The van der Waals surface area contributed by atoms with Crippen LogP contribution in [0.4, 0.5) is 0 Å². The van der Waals surface area contributed by atoms with Gasteiger partial charge >= 0.3 is 0 Å². The largest absolute Gasteiger partial charge is 0.461 e. The van der Waals surface area contributed by atoms with Crippen LogP contribution in [0.5, 0.6) is 0 Å². The van der Waals surface area contributed by atoms with E-state index in [0.717, 1.165) is 19.5 Å². The zero-order valence-corrected chi connectivity index (χ0v) is 12.1. The Morgan fingerprint density at radius 1 is 1.36 bits per heavy atom. The first-order valence-corrected chi connectivity index (χ1v) is 7.46. The highest BCUT2D eigenvalue weighted by atomic mass is 16.5. The number of H-pyrrole nitrogens is 1. The number of nitrogens with zero attached hydrogens (tertiary/aromatic N) is 4. The molecule has 0 amide bonds. The summed E-state index contributed by atoms with van der Waals surface area (Å²) in [5, 5.41) is 11.1. The van der Waals surface area contributed by atoms with Gasteiger partial charge in [0.2, 0.25) is 11.7 Å². The molecule has 0 saturated carbocycles. The molecule has 1 atom stereocenters. The van der Waals surface area contributed by atoms with E-state index in [1.807, 2.05) is 18.3 Å². The lowest BCUT2D eigenvalue weighted by molar-refractivity contribution is 0.175. The molecule has 1 aliphatic heterocycles. The molecule has 0 bridgehead atoms. The average molecular weight is 299 g/mol. The van der Waals surface area contributed by atoms with Crippen LogP contribution in [0.15, 0.2) is 39.6 Å². The highest BCUT2D eigenvalue weighted by Crippen LogP contribution is 2.26. The van der Waals surface area contributed by atoms with Crippen molar-refractivity contribution in [3.05, 3.63) is 42.2 Å². The molecule has 0 unspecified atom stereocenters. The Hall–Kier alpha value is -2.41. The molecule has 4 heterocycles. The second-order valence-corrected chi connectivity index (χ2v) is 5.58. The van der Waals surface area contributed by atoms with Crippen molar-refractivity contribution in [2.75, 3.05) is 13.1 Å². The van der Waals surface area contributed by atoms with Crippen LogP contribution in [0, 0.1) is 0 Å². The fourth-order valence-electron chi connectivity index (χ4n) is 2.96. The van der Waals surface area contributed by atoms with Crippen LogP contribution >= 0.6 is 0 Å². The summed E-state index contributed by atoms with van der Waals surface area (Å²) in [7, 11) is 0. The average Bonchev–Trinajstić information content (AvgIpc) is 3.29. The Labute approximate surface area is 127 Å². The van der Waals surface area contributed by atoms with Crippen LogP contribution in [-0.4, -0.2) is 38.3 Å². The fraction of sp³-hybridized carbons (Fsp3) is 0.400. The Bertz CT molecular complexity index is 704. The summed E-state index contributed by atoms with van der Waals surface area (Å²) in [6.07, 6.45) is 5.75. The van der Waals surface area contributed by atoms with Crippen molar-refractivity contribution < 1.29 is 8.94 Å². The lowest BCUT2D eigenvalue weighted by Gasteiger charge is -2.30. The second kappa shape index (κ2) is 5.76. The van der Waals surface area contributed by atoms with E-state index >= 15 is 0 Å². The predicted octanol–water partition coefficient (Wildman–Crippen LogP) is 2.43. The number of aromatic amines is 1. The lowest BCUT2D eigenvalue weighted by Crippen LogP contribution is -2.34. The number of rotatable bonds is 4. The van der Waals surface area contributed by atoms with E-state index in [9.17, 15) is 0 Å². The molecule has 0 radical (unpaired) electrons. The topological polar surface area (TPSA) is 84.0 Å². The van der Waals surface area contributed by atoms with E-state index in [2.05, 4.69) is 31.3 Å². The van der Waals surface area contributed by atoms with Gasteiger partial charge < -0.3 is 8.94 Å². The Balaban J connectivity index is 1.43. The molecule has 0 aliphatic carbocycles. The molecule has 22 heavy (non-hydrogen) atoms. The molecular weight excluding hydrogens is 282 g/mol. The Morgan fingerprint density at radius 2 is 2.36 bits per heavy atom. The van der Waals surface area contributed by atoms with Crippen LogP contribution < -0.4 is 0 Å². The second-order valence-electron chi connectivity index (χ2n) is 5.58. The molecule has 1 N–H and O–H groups in total. The van der Waals surface area contributed by atoms with Gasteiger partial charge in [-0.2, -0.15) is 10.1 Å². The van der Waals surface area contributed by atoms with E-state index in [0.29, 0.717) is 29.9 Å². The first kappa shape index (κ1) is 13.3. The molecule has 7 heteroatoms. The minimum Gasteiger partial charge on any atom is -0.461 e. The molecule has 1 fully saturated rings. The minimum absolute atomic E-state index is 0.490. The van der Waals surface area contributed by atoms with E-state index in [1.54, 1.807) is 6.26 Å². The summed E-state index contributed by atoms with van der Waals surface area (Å²) in [5.41, 5.74) is 1.20. The van der Waals surface area contributed by atoms with Crippen LogP contribution in [0.25, 0.3) is 11.6 Å². The molecule has 0 spiro atoms. The van der Waals surface area contributed by atoms with Gasteiger partial charge in [0, 0.05) is 24.4 Å². The number of nitrogens with one attached hydrogen (secondary N) is 1. The summed E-state index contributed by atoms with van der Waals surface area (Å²) in [6, 6.07) is 5.69. The van der Waals surface area contributed by atoms with Crippen molar-refractivity contribution in [3.63, 3.8) is 0 Å². The van der Waals surface area contributed by atoms with Crippen molar-refractivity contribution in [2.24, 2.45) is 0 Å². The maximum atomic E-state index is 5.33. The van der Waals surface area contributed by atoms with Crippen LogP contribution in [-0.2, 0) is 6.54 Å². The van der Waals surface area contributed by atoms with Gasteiger partial charge in [0.25, 0.3) is 0 Å². The molecule has 3 aromatic rings. The van der Waals surface area contributed by atoms with Crippen LogP contribution in [0.1, 0.15) is 30.3 Å². The van der Waals surface area contributed by atoms with E-state index in [1.165, 1.54) is 12.1 Å². The normalized spacial score (nSPS) is 19.5. The Kier molecular flexibility index (Phi) is 3.48. The van der Waals surface area contributed by atoms with Crippen molar-refractivity contribution in [2.45, 2.75) is 25.3 Å². The first-order valence-electron chi connectivity index (χ1n) is 7.46. The molecule has 1 saturated heterocycles. The molecular formula is C15H17N5O2. The van der Waals surface area contributed by atoms with Crippen molar-refractivity contribution >= 4 is 0 Å². The van der Waals surface area contributed by atoms with Gasteiger partial charge in [0.05, 0.1) is 12.8 Å². The summed E-state index contributed by atoms with van der Waals surface area (Å²) in [4.78, 5) is 6.74. The van der Waals surface area contributed by atoms with Gasteiger partial charge in [-0.3, -0.25) is 10.00 Å². The number of aromatic nitrogens is 4. The van der Waals surface area contributed by atoms with E-state index < -0.39 is 0 Å². The van der Waals surface area contributed by atoms with Gasteiger partial charge in [-0.15, -0.1) is 0 Å². The van der Waals surface area contributed by atoms with Crippen molar-refractivity contribution in [1.82, 2.24) is 25.2 Å².